The van der Waals surface area contributed by atoms with Crippen molar-refractivity contribution in [1.82, 2.24) is 19.9 Å². The van der Waals surface area contributed by atoms with Gasteiger partial charge in [-0.05, 0) is 35.9 Å². The van der Waals surface area contributed by atoms with E-state index in [0.29, 0.717) is 11.2 Å². The van der Waals surface area contributed by atoms with E-state index in [1.807, 2.05) is 5.32 Å². The lowest BCUT2D eigenvalue weighted by Gasteiger charge is -2.24. The molecule has 4 rings (SSSR count). The summed E-state index contributed by atoms with van der Waals surface area (Å²) in [6.45, 7) is -1.44. The number of nitrogens with zero attached hydrogens (tertiary/aromatic N) is 3. The Hall–Kier alpha value is -3.41. The molecule has 2 aromatic carbocycles. The Morgan fingerprint density at radius 2 is 1.89 bits per heavy atom. The van der Waals surface area contributed by atoms with E-state index in [1.54, 1.807) is 0 Å². The van der Waals surface area contributed by atoms with Crippen LogP contribution in [-0.2, 0) is 0 Å². The van der Waals surface area contributed by atoms with E-state index in [9.17, 15) is 23.1 Å². The molecule has 182 valence electrons. The molecule has 2 aromatic heterocycles. The zero-order valence-corrected chi connectivity index (χ0v) is 19.0. The molecule has 1 atom stereocenters. The van der Waals surface area contributed by atoms with Crippen LogP contribution in [0.1, 0.15) is 22.0 Å². The molecule has 0 aliphatic carbocycles. The maximum atomic E-state index is 15.3. The maximum absolute atomic E-state index is 15.3. The average molecular weight is 528 g/mol. The molecule has 0 fully saturated rings. The molecule has 0 bridgehead atoms. The van der Waals surface area contributed by atoms with Crippen molar-refractivity contribution in [2.75, 3.05) is 12.3 Å². The van der Waals surface area contributed by atoms with Crippen LogP contribution in [0.25, 0.3) is 16.8 Å². The molecule has 0 unspecified atom stereocenters. The van der Waals surface area contributed by atoms with Gasteiger partial charge in [-0.25, -0.2) is 22.1 Å². The highest BCUT2D eigenvalue weighted by Crippen LogP contribution is 2.35. The Morgan fingerprint density at radius 1 is 1.14 bits per heavy atom. The van der Waals surface area contributed by atoms with Gasteiger partial charge in [0.15, 0.2) is 5.65 Å². The topological polar surface area (TPSA) is 106 Å². The van der Waals surface area contributed by atoms with Crippen molar-refractivity contribution < 1.29 is 27.5 Å². The molecule has 0 aliphatic rings. The smallest absolute Gasteiger partial charge is 0.294 e. The molecular weight excluding hydrogens is 513 g/mol. The summed E-state index contributed by atoms with van der Waals surface area (Å²) in [4.78, 5) is 16.6. The summed E-state index contributed by atoms with van der Waals surface area (Å²) in [5, 5.41) is 15.0. The third-order valence-corrected chi connectivity index (χ3v) is 5.75. The Balaban J connectivity index is 1.59. The van der Waals surface area contributed by atoms with E-state index >= 15 is 4.39 Å². The quantitative estimate of drug-likeness (QED) is 0.316. The normalized spacial score (nSPS) is 12.7. The van der Waals surface area contributed by atoms with Crippen molar-refractivity contribution in [2.24, 2.45) is 0 Å². The number of nitrogens with two attached hydrogens (primary N) is 1. The Kier molecular flexibility index (Phi) is 6.58. The third-order valence-electron chi connectivity index (χ3n) is 5.14. The molecule has 1 amide bonds. The number of anilines is 1. The van der Waals surface area contributed by atoms with Gasteiger partial charge < -0.3 is 16.2 Å². The van der Waals surface area contributed by atoms with E-state index in [2.05, 4.69) is 10.1 Å². The predicted octanol–water partition coefficient (Wildman–Crippen LogP) is 4.66. The highest BCUT2D eigenvalue weighted by Gasteiger charge is 2.41. The lowest BCUT2D eigenvalue weighted by atomic mass is 10.0. The second kappa shape index (κ2) is 9.33. The number of halogens is 6. The predicted molar refractivity (Wildman–Crippen MR) is 121 cm³/mol. The number of nitrogens with one attached hydrogen (secondary N) is 1. The SMILES string of the molecule is Nc1nc2cc(-c3ccc(Cl)c(C(=O)NCC(F)(F)[C@@H](O)c4cccc(Cl)c4F)c3F)ccn2n1. The number of alkyl halides is 2. The number of pyridine rings is 1. The molecule has 35 heavy (non-hydrogen) atoms. The van der Waals surface area contributed by atoms with Crippen LogP contribution in [0.3, 0.4) is 0 Å². The van der Waals surface area contributed by atoms with Crippen molar-refractivity contribution in [3.8, 4) is 11.1 Å². The van der Waals surface area contributed by atoms with Crippen LogP contribution in [0.5, 0.6) is 0 Å². The van der Waals surface area contributed by atoms with E-state index in [-0.39, 0.29) is 16.5 Å². The second-order valence-corrected chi connectivity index (χ2v) is 8.28. The Morgan fingerprint density at radius 3 is 2.63 bits per heavy atom. The number of hydrogen-bond acceptors (Lipinski definition) is 5. The Bertz CT molecular complexity index is 1450. The molecule has 2 heterocycles. The fraction of sp³-hybridized carbons (Fsp3) is 0.136. The minimum absolute atomic E-state index is 0.000402. The maximum Gasteiger partial charge on any atom is 0.294 e. The van der Waals surface area contributed by atoms with Gasteiger partial charge in [0.25, 0.3) is 11.8 Å². The summed E-state index contributed by atoms with van der Waals surface area (Å²) in [6, 6.07) is 8.72. The van der Waals surface area contributed by atoms with Crippen LogP contribution < -0.4 is 11.1 Å². The van der Waals surface area contributed by atoms with Crippen molar-refractivity contribution in [3.05, 3.63) is 81.5 Å². The standard InChI is InChI=1S/C22H15Cl2F4N5O2/c23-13-5-4-11(10-6-7-33-15(8-10)31-21(29)32-33)18(26)16(13)20(35)30-9-22(27,28)19(34)12-2-1-3-14(24)17(12)25/h1-8,19,34H,9H2,(H2,29,32)(H,30,35)/t19-/m0/s1. The zero-order valence-electron chi connectivity index (χ0n) is 17.4. The first-order valence-corrected chi connectivity index (χ1v) is 10.6. The summed E-state index contributed by atoms with van der Waals surface area (Å²) in [5.74, 6) is -7.59. The molecule has 7 nitrogen and oxygen atoms in total. The van der Waals surface area contributed by atoms with E-state index in [1.165, 1.54) is 41.0 Å². The number of fused-ring (bicyclic) bond motifs is 1. The van der Waals surface area contributed by atoms with Crippen LogP contribution >= 0.6 is 23.2 Å². The highest BCUT2D eigenvalue weighted by atomic mass is 35.5. The van der Waals surface area contributed by atoms with Gasteiger partial charge in [0, 0.05) is 17.3 Å². The molecule has 0 saturated heterocycles. The van der Waals surface area contributed by atoms with Gasteiger partial charge >= 0.3 is 0 Å². The first-order chi connectivity index (χ1) is 16.5. The summed E-state index contributed by atoms with van der Waals surface area (Å²) >= 11 is 11.6. The first kappa shape index (κ1) is 24.7. The number of rotatable bonds is 6. The number of carbonyl (C=O) groups excluding carboxylic acids is 1. The molecule has 0 aliphatic heterocycles. The molecule has 0 radical (unpaired) electrons. The van der Waals surface area contributed by atoms with Crippen molar-refractivity contribution in [1.29, 1.82) is 0 Å². The van der Waals surface area contributed by atoms with Gasteiger partial charge in [-0.3, -0.25) is 4.79 Å². The summed E-state index contributed by atoms with van der Waals surface area (Å²) in [5.41, 5.74) is 4.64. The van der Waals surface area contributed by atoms with Gasteiger partial charge in [0.1, 0.15) is 17.7 Å². The number of amides is 1. The van der Waals surface area contributed by atoms with Gasteiger partial charge in [-0.1, -0.05) is 35.3 Å². The number of nitrogen functional groups attached to an aromatic ring is 1. The van der Waals surface area contributed by atoms with Gasteiger partial charge in [-0.2, -0.15) is 4.98 Å². The second-order valence-electron chi connectivity index (χ2n) is 7.46. The lowest BCUT2D eigenvalue weighted by Crippen LogP contribution is -2.41. The van der Waals surface area contributed by atoms with Gasteiger partial charge in [0.2, 0.25) is 5.95 Å². The summed E-state index contributed by atoms with van der Waals surface area (Å²) in [6.07, 6.45) is -1.16. The summed E-state index contributed by atoms with van der Waals surface area (Å²) in [7, 11) is 0. The van der Waals surface area contributed by atoms with Crippen molar-refractivity contribution in [2.45, 2.75) is 12.0 Å². The molecule has 4 aromatic rings. The zero-order chi connectivity index (χ0) is 25.5. The van der Waals surface area contributed by atoms with Crippen LogP contribution in [0.2, 0.25) is 10.0 Å². The minimum atomic E-state index is -4.03. The molecule has 13 heteroatoms. The number of aliphatic hydroxyl groups excluding tert-OH is 1. The Labute approximate surface area is 205 Å². The van der Waals surface area contributed by atoms with Crippen LogP contribution in [0, 0.1) is 11.6 Å². The van der Waals surface area contributed by atoms with Crippen LogP contribution in [0.4, 0.5) is 23.5 Å². The average Bonchev–Trinajstić information content (AvgIpc) is 3.18. The third kappa shape index (κ3) is 4.75. The van der Waals surface area contributed by atoms with E-state index in [0.717, 1.165) is 12.1 Å². The lowest BCUT2D eigenvalue weighted by molar-refractivity contribution is -0.107. The first-order valence-electron chi connectivity index (χ1n) is 9.88. The molecule has 0 spiro atoms. The van der Waals surface area contributed by atoms with Crippen molar-refractivity contribution >= 4 is 40.7 Å². The number of aromatic nitrogens is 3. The van der Waals surface area contributed by atoms with Gasteiger partial charge in [0.05, 0.1) is 22.2 Å². The summed E-state index contributed by atoms with van der Waals surface area (Å²) < 4.78 is 59.8. The van der Waals surface area contributed by atoms with Gasteiger partial charge in [-0.15, -0.1) is 5.10 Å². The van der Waals surface area contributed by atoms with E-state index < -0.39 is 52.3 Å². The largest absolute Gasteiger partial charge is 0.382 e. The molecule has 4 N–H and O–H groups in total. The van der Waals surface area contributed by atoms with E-state index in [4.69, 9.17) is 28.9 Å². The fourth-order valence-electron chi connectivity index (χ4n) is 3.39. The van der Waals surface area contributed by atoms with Crippen LogP contribution in [0.15, 0.2) is 48.7 Å². The number of aliphatic hydroxyl groups is 1. The van der Waals surface area contributed by atoms with Crippen molar-refractivity contribution in [3.63, 3.8) is 0 Å². The fourth-order valence-corrected chi connectivity index (χ4v) is 3.81. The number of benzene rings is 2. The highest BCUT2D eigenvalue weighted by molar-refractivity contribution is 6.34. The number of carbonyl (C=O) groups is 1. The number of hydrogen-bond donors (Lipinski definition) is 3. The molecular formula is C22H15Cl2F4N5O2. The van der Waals surface area contributed by atoms with Crippen LogP contribution in [-0.4, -0.2) is 38.1 Å². The minimum Gasteiger partial charge on any atom is -0.382 e. The molecule has 0 saturated carbocycles. The monoisotopic (exact) mass is 527 g/mol.